The summed E-state index contributed by atoms with van der Waals surface area (Å²) in [5, 5.41) is 5.59. The van der Waals surface area contributed by atoms with Gasteiger partial charge in [-0.3, -0.25) is 0 Å². The Kier molecular flexibility index (Phi) is 6.31. The van der Waals surface area contributed by atoms with Crippen molar-refractivity contribution in [2.24, 2.45) is 0 Å². The maximum Gasteiger partial charge on any atom is 0.319 e. The van der Waals surface area contributed by atoms with Gasteiger partial charge >= 0.3 is 6.03 Å². The van der Waals surface area contributed by atoms with Crippen molar-refractivity contribution in [2.75, 3.05) is 33.2 Å². The van der Waals surface area contributed by atoms with E-state index in [4.69, 9.17) is 14.2 Å². The fourth-order valence-electron chi connectivity index (χ4n) is 2.34. The summed E-state index contributed by atoms with van der Waals surface area (Å²) < 4.78 is 15.8. The van der Waals surface area contributed by atoms with Crippen LogP contribution in [-0.2, 0) is 6.42 Å². The Morgan fingerprint density at radius 3 is 2.50 bits per heavy atom. The lowest BCUT2D eigenvalue weighted by atomic mass is 10.1. The minimum absolute atomic E-state index is 0.273. The first-order valence-electron chi connectivity index (χ1n) is 7.56. The highest BCUT2D eigenvalue weighted by Gasteiger charge is 2.09. The summed E-state index contributed by atoms with van der Waals surface area (Å²) in [5.41, 5.74) is 1.64. The van der Waals surface area contributed by atoms with Crippen molar-refractivity contribution in [3.05, 3.63) is 48.0 Å². The quantitative estimate of drug-likeness (QED) is 0.818. The van der Waals surface area contributed by atoms with Crippen molar-refractivity contribution in [3.63, 3.8) is 0 Å². The van der Waals surface area contributed by atoms with Crippen molar-refractivity contribution in [2.45, 2.75) is 6.42 Å². The molecule has 0 aliphatic carbocycles. The first-order chi connectivity index (χ1) is 11.7. The van der Waals surface area contributed by atoms with Crippen LogP contribution in [-0.4, -0.2) is 33.9 Å². The lowest BCUT2D eigenvalue weighted by Gasteiger charge is -2.13. The molecule has 0 aromatic heterocycles. The number of amides is 2. The molecule has 2 N–H and O–H groups in total. The summed E-state index contributed by atoms with van der Waals surface area (Å²) in [7, 11) is 4.78. The van der Waals surface area contributed by atoms with Gasteiger partial charge in [0.15, 0.2) is 11.5 Å². The Morgan fingerprint density at radius 2 is 1.79 bits per heavy atom. The van der Waals surface area contributed by atoms with Gasteiger partial charge in [-0.05, 0) is 30.2 Å². The number of anilines is 1. The summed E-state index contributed by atoms with van der Waals surface area (Å²) in [6.45, 7) is 0.472. The lowest BCUT2D eigenvalue weighted by Crippen LogP contribution is -2.30. The zero-order valence-electron chi connectivity index (χ0n) is 14.1. The van der Waals surface area contributed by atoms with Crippen LogP contribution in [0.2, 0.25) is 0 Å². The summed E-state index contributed by atoms with van der Waals surface area (Å²) in [6, 6.07) is 12.6. The molecule has 0 heterocycles. The molecule has 2 rings (SSSR count). The molecule has 0 radical (unpaired) electrons. The van der Waals surface area contributed by atoms with E-state index in [-0.39, 0.29) is 6.03 Å². The molecule has 0 saturated carbocycles. The maximum absolute atomic E-state index is 12.0. The largest absolute Gasteiger partial charge is 0.497 e. The molecule has 6 nitrogen and oxygen atoms in total. The van der Waals surface area contributed by atoms with Crippen LogP contribution < -0.4 is 24.8 Å². The molecule has 0 atom stereocenters. The lowest BCUT2D eigenvalue weighted by molar-refractivity contribution is 0.252. The maximum atomic E-state index is 12.0. The van der Waals surface area contributed by atoms with Crippen LogP contribution >= 0.6 is 0 Å². The highest BCUT2D eigenvalue weighted by molar-refractivity contribution is 5.89. The second kappa shape index (κ2) is 8.67. The zero-order chi connectivity index (χ0) is 17.4. The van der Waals surface area contributed by atoms with Crippen molar-refractivity contribution >= 4 is 11.7 Å². The van der Waals surface area contributed by atoms with Gasteiger partial charge in [0.25, 0.3) is 0 Å². The smallest absolute Gasteiger partial charge is 0.319 e. The van der Waals surface area contributed by atoms with Crippen LogP contribution in [0.1, 0.15) is 5.56 Å². The van der Waals surface area contributed by atoms with E-state index in [0.29, 0.717) is 35.9 Å². The predicted molar refractivity (Wildman–Crippen MR) is 93.3 cm³/mol. The molecule has 6 heteroatoms. The number of ether oxygens (including phenoxy) is 3. The number of benzene rings is 2. The van der Waals surface area contributed by atoms with E-state index < -0.39 is 0 Å². The Bertz CT molecular complexity index is 688. The molecule has 0 fully saturated rings. The average Bonchev–Trinajstić information content (AvgIpc) is 2.61. The molecule has 0 spiro atoms. The van der Waals surface area contributed by atoms with Gasteiger partial charge in [-0.1, -0.05) is 18.2 Å². The first-order valence-corrected chi connectivity index (χ1v) is 7.56. The number of carbonyl (C=O) groups excluding carboxylic acids is 1. The zero-order valence-corrected chi connectivity index (χ0v) is 14.1. The molecular weight excluding hydrogens is 308 g/mol. The molecule has 2 aromatic carbocycles. The fourth-order valence-corrected chi connectivity index (χ4v) is 2.34. The van der Waals surface area contributed by atoms with Crippen LogP contribution in [0.25, 0.3) is 0 Å². The molecule has 24 heavy (non-hydrogen) atoms. The third-order valence-electron chi connectivity index (χ3n) is 3.49. The normalized spacial score (nSPS) is 9.96. The van der Waals surface area contributed by atoms with Crippen LogP contribution in [0, 0.1) is 0 Å². The van der Waals surface area contributed by atoms with Crippen molar-refractivity contribution < 1.29 is 19.0 Å². The van der Waals surface area contributed by atoms with Gasteiger partial charge in [0.1, 0.15) is 5.75 Å². The van der Waals surface area contributed by atoms with Crippen molar-refractivity contribution in [1.82, 2.24) is 5.32 Å². The summed E-state index contributed by atoms with van der Waals surface area (Å²) >= 11 is 0. The van der Waals surface area contributed by atoms with E-state index in [1.165, 1.54) is 0 Å². The molecule has 0 aliphatic rings. The van der Waals surface area contributed by atoms with Crippen LogP contribution in [0.4, 0.5) is 10.5 Å². The van der Waals surface area contributed by atoms with Gasteiger partial charge in [-0.15, -0.1) is 0 Å². The topological polar surface area (TPSA) is 68.8 Å². The number of hydrogen-bond donors (Lipinski definition) is 2. The first kappa shape index (κ1) is 17.5. The van der Waals surface area contributed by atoms with Gasteiger partial charge < -0.3 is 24.8 Å². The van der Waals surface area contributed by atoms with Crippen LogP contribution in [0.3, 0.4) is 0 Å². The minimum atomic E-state index is -0.273. The molecule has 128 valence electrons. The SMILES string of the molecule is COc1cccc(NC(=O)NCCc2cccc(OC)c2OC)c1. The number of nitrogens with one attached hydrogen (secondary N) is 2. The number of methoxy groups -OCH3 is 3. The van der Waals surface area contributed by atoms with Crippen molar-refractivity contribution in [3.8, 4) is 17.2 Å². The highest BCUT2D eigenvalue weighted by atomic mass is 16.5. The van der Waals surface area contributed by atoms with Crippen LogP contribution in [0.5, 0.6) is 17.2 Å². The van der Waals surface area contributed by atoms with Gasteiger partial charge in [0, 0.05) is 18.3 Å². The highest BCUT2D eigenvalue weighted by Crippen LogP contribution is 2.30. The third-order valence-corrected chi connectivity index (χ3v) is 3.49. The molecule has 0 saturated heterocycles. The Hall–Kier alpha value is -2.89. The predicted octanol–water partition coefficient (Wildman–Crippen LogP) is 3.08. The van der Waals surface area contributed by atoms with E-state index in [9.17, 15) is 4.79 Å². The van der Waals surface area contributed by atoms with E-state index in [2.05, 4.69) is 10.6 Å². The van der Waals surface area contributed by atoms with Gasteiger partial charge in [0.2, 0.25) is 0 Å². The summed E-state index contributed by atoms with van der Waals surface area (Å²) in [4.78, 5) is 12.0. The molecular formula is C18H22N2O4. The van der Waals surface area contributed by atoms with Gasteiger partial charge in [-0.2, -0.15) is 0 Å². The van der Waals surface area contributed by atoms with Crippen LogP contribution in [0.15, 0.2) is 42.5 Å². The Morgan fingerprint density at radius 1 is 1.00 bits per heavy atom. The number of hydrogen-bond acceptors (Lipinski definition) is 4. The van der Waals surface area contributed by atoms with E-state index >= 15 is 0 Å². The summed E-state index contributed by atoms with van der Waals surface area (Å²) in [5.74, 6) is 2.06. The number of rotatable bonds is 7. The number of carbonyl (C=O) groups is 1. The number of para-hydroxylation sites is 1. The molecule has 2 aromatic rings. The molecule has 0 unspecified atom stereocenters. The second-order valence-electron chi connectivity index (χ2n) is 5.02. The van der Waals surface area contributed by atoms with Gasteiger partial charge in [-0.25, -0.2) is 4.79 Å². The molecule has 2 amide bonds. The van der Waals surface area contributed by atoms with E-state index in [1.807, 2.05) is 30.3 Å². The molecule has 0 aliphatic heterocycles. The van der Waals surface area contributed by atoms with Crippen molar-refractivity contribution in [1.29, 1.82) is 0 Å². The monoisotopic (exact) mass is 330 g/mol. The third kappa shape index (κ3) is 4.55. The average molecular weight is 330 g/mol. The second-order valence-corrected chi connectivity index (χ2v) is 5.02. The fraction of sp³-hybridized carbons (Fsp3) is 0.278. The molecule has 0 bridgehead atoms. The van der Waals surface area contributed by atoms with E-state index in [0.717, 1.165) is 5.56 Å². The van der Waals surface area contributed by atoms with E-state index in [1.54, 1.807) is 33.5 Å². The summed E-state index contributed by atoms with van der Waals surface area (Å²) in [6.07, 6.45) is 0.631. The van der Waals surface area contributed by atoms with Gasteiger partial charge in [0.05, 0.1) is 21.3 Å². The standard InChI is InChI=1S/C18H22N2O4/c1-22-15-8-5-7-14(12-15)20-18(21)19-11-10-13-6-4-9-16(23-2)17(13)24-3/h4-9,12H,10-11H2,1-3H3,(H2,19,20,21). The minimum Gasteiger partial charge on any atom is -0.497 e. The Balaban J connectivity index is 1.89. The Labute approximate surface area is 141 Å². The number of urea groups is 1.